The van der Waals surface area contributed by atoms with Gasteiger partial charge in [-0.3, -0.25) is 9.52 Å². The number of ether oxygens (including phenoxy) is 2. The highest BCUT2D eigenvalue weighted by atomic mass is 32.2. The maximum Gasteiger partial charge on any atom is 0.340 e. The summed E-state index contributed by atoms with van der Waals surface area (Å²) in [6.45, 7) is 4.82. The van der Waals surface area contributed by atoms with Crippen molar-refractivity contribution in [1.82, 2.24) is 0 Å². The van der Waals surface area contributed by atoms with Gasteiger partial charge < -0.3 is 14.8 Å². The number of hydrogen-bond donors (Lipinski definition) is 2. The Hall–Kier alpha value is -3.40. The zero-order chi connectivity index (χ0) is 22.3. The Morgan fingerprint density at radius 1 is 0.900 bits per heavy atom. The van der Waals surface area contributed by atoms with Crippen LogP contribution in [0.3, 0.4) is 0 Å². The number of nitrogens with one attached hydrogen (secondary N) is 2. The van der Waals surface area contributed by atoms with E-state index < -0.39 is 22.0 Å². The Bertz CT molecular complexity index is 1050. The van der Waals surface area contributed by atoms with Gasteiger partial charge in [0.15, 0.2) is 0 Å². The van der Waals surface area contributed by atoms with E-state index in [4.69, 9.17) is 9.47 Å². The van der Waals surface area contributed by atoms with Gasteiger partial charge in [0.25, 0.3) is 10.0 Å². The van der Waals surface area contributed by atoms with Gasteiger partial charge in [-0.15, -0.1) is 0 Å². The zero-order valence-electron chi connectivity index (χ0n) is 16.7. The molecule has 0 heterocycles. The maximum absolute atomic E-state index is 12.8. The second-order valence-corrected chi connectivity index (χ2v) is 7.69. The molecule has 0 aromatic heterocycles. The number of carbonyl (C=O) groups is 3. The number of benzene rings is 2. The molecular weight excluding hydrogens is 412 g/mol. The summed E-state index contributed by atoms with van der Waals surface area (Å²) in [6.07, 6.45) is 0. The van der Waals surface area contributed by atoms with Crippen LogP contribution < -0.4 is 10.0 Å². The van der Waals surface area contributed by atoms with Crippen molar-refractivity contribution in [3.05, 3.63) is 53.6 Å². The normalized spacial score (nSPS) is 10.8. The molecule has 30 heavy (non-hydrogen) atoms. The predicted octanol–water partition coefficient (Wildman–Crippen LogP) is 2.80. The summed E-state index contributed by atoms with van der Waals surface area (Å²) in [4.78, 5) is 35.2. The highest BCUT2D eigenvalue weighted by Gasteiger charge is 2.21. The molecule has 0 aliphatic rings. The number of sulfonamides is 1. The van der Waals surface area contributed by atoms with Gasteiger partial charge in [-0.25, -0.2) is 18.0 Å². The van der Waals surface area contributed by atoms with Crippen LogP contribution in [0, 0.1) is 0 Å². The lowest BCUT2D eigenvalue weighted by molar-refractivity contribution is -0.114. The monoisotopic (exact) mass is 434 g/mol. The van der Waals surface area contributed by atoms with Crippen molar-refractivity contribution >= 4 is 39.2 Å². The first-order valence-electron chi connectivity index (χ1n) is 9.06. The summed E-state index contributed by atoms with van der Waals surface area (Å²) in [6, 6.07) is 9.31. The number of amides is 1. The number of anilines is 2. The summed E-state index contributed by atoms with van der Waals surface area (Å²) in [5.74, 6) is -1.70. The molecule has 0 atom stereocenters. The minimum absolute atomic E-state index is 0.0525. The van der Waals surface area contributed by atoms with Crippen molar-refractivity contribution in [2.45, 2.75) is 25.7 Å². The average Bonchev–Trinajstić information content (AvgIpc) is 2.68. The molecule has 10 heteroatoms. The van der Waals surface area contributed by atoms with Crippen LogP contribution >= 0.6 is 0 Å². The summed E-state index contributed by atoms with van der Waals surface area (Å²) in [5.41, 5.74) is 0.329. The Morgan fingerprint density at radius 3 is 2.07 bits per heavy atom. The van der Waals surface area contributed by atoms with Gasteiger partial charge in [0, 0.05) is 12.6 Å². The third-order valence-corrected chi connectivity index (χ3v) is 5.14. The molecule has 0 spiro atoms. The van der Waals surface area contributed by atoms with E-state index in [1.165, 1.54) is 49.4 Å². The lowest BCUT2D eigenvalue weighted by atomic mass is 10.1. The average molecular weight is 434 g/mol. The largest absolute Gasteiger partial charge is 0.462 e. The Balaban J connectivity index is 2.41. The highest BCUT2D eigenvalue weighted by Crippen LogP contribution is 2.24. The highest BCUT2D eigenvalue weighted by molar-refractivity contribution is 7.92. The lowest BCUT2D eigenvalue weighted by Crippen LogP contribution is -2.18. The molecule has 1 amide bonds. The van der Waals surface area contributed by atoms with E-state index in [1.807, 2.05) is 0 Å². The summed E-state index contributed by atoms with van der Waals surface area (Å²) in [7, 11) is -4.11. The fourth-order valence-corrected chi connectivity index (χ4v) is 3.55. The first-order chi connectivity index (χ1) is 14.2. The topological polar surface area (TPSA) is 128 Å². The van der Waals surface area contributed by atoms with Gasteiger partial charge in [0.05, 0.1) is 34.9 Å². The smallest absolute Gasteiger partial charge is 0.340 e. The van der Waals surface area contributed by atoms with Crippen LogP contribution in [0.2, 0.25) is 0 Å². The van der Waals surface area contributed by atoms with Crippen LogP contribution in [0.15, 0.2) is 47.4 Å². The molecule has 0 saturated heterocycles. The predicted molar refractivity (Wildman–Crippen MR) is 110 cm³/mol. The molecule has 0 bridgehead atoms. The van der Waals surface area contributed by atoms with Crippen molar-refractivity contribution < 1.29 is 32.3 Å². The van der Waals surface area contributed by atoms with Crippen LogP contribution in [-0.4, -0.2) is 39.5 Å². The Labute approximate surface area is 174 Å². The second kappa shape index (κ2) is 9.88. The molecule has 2 aromatic carbocycles. The zero-order valence-corrected chi connectivity index (χ0v) is 17.5. The molecule has 2 rings (SSSR count). The van der Waals surface area contributed by atoms with Gasteiger partial charge in [-0.05, 0) is 56.3 Å². The molecule has 0 radical (unpaired) electrons. The standard InChI is InChI=1S/C20H22N2O7S/c1-4-28-19(24)14-6-11-17(20(25)29-5-2)18(12-14)22-30(26,27)16-9-7-15(8-10-16)21-13(3)23/h6-12,22H,4-5H2,1-3H3,(H,21,23). The van der Waals surface area contributed by atoms with Crippen LogP contribution in [0.5, 0.6) is 0 Å². The van der Waals surface area contributed by atoms with Gasteiger partial charge in [0.1, 0.15) is 0 Å². The third-order valence-electron chi connectivity index (χ3n) is 3.76. The molecule has 0 aliphatic carbocycles. The first kappa shape index (κ1) is 22.9. The van der Waals surface area contributed by atoms with Crippen molar-refractivity contribution in [3.63, 3.8) is 0 Å². The molecular formula is C20H22N2O7S. The molecule has 160 valence electrons. The van der Waals surface area contributed by atoms with Crippen molar-refractivity contribution in [2.75, 3.05) is 23.3 Å². The SMILES string of the molecule is CCOC(=O)c1ccc(C(=O)OCC)c(NS(=O)(=O)c2ccc(NC(C)=O)cc2)c1. The van der Waals surface area contributed by atoms with Crippen molar-refractivity contribution in [1.29, 1.82) is 0 Å². The van der Waals surface area contributed by atoms with E-state index in [0.29, 0.717) is 5.69 Å². The van der Waals surface area contributed by atoms with Crippen molar-refractivity contribution in [3.8, 4) is 0 Å². The summed E-state index contributed by atoms with van der Waals surface area (Å²) >= 11 is 0. The molecule has 0 unspecified atom stereocenters. The quantitative estimate of drug-likeness (QED) is 0.612. The van der Waals surface area contributed by atoms with E-state index in [9.17, 15) is 22.8 Å². The molecule has 0 saturated carbocycles. The minimum atomic E-state index is -4.11. The van der Waals surface area contributed by atoms with Gasteiger partial charge in [-0.1, -0.05) is 0 Å². The first-order valence-corrected chi connectivity index (χ1v) is 10.5. The minimum Gasteiger partial charge on any atom is -0.462 e. The second-order valence-electron chi connectivity index (χ2n) is 6.01. The summed E-state index contributed by atoms with van der Waals surface area (Å²) < 4.78 is 37.8. The van der Waals surface area contributed by atoms with Crippen molar-refractivity contribution in [2.24, 2.45) is 0 Å². The van der Waals surface area contributed by atoms with Crippen LogP contribution in [0.25, 0.3) is 0 Å². The molecule has 0 aliphatic heterocycles. The maximum atomic E-state index is 12.8. The Morgan fingerprint density at radius 2 is 1.50 bits per heavy atom. The summed E-state index contributed by atoms with van der Waals surface area (Å²) in [5, 5.41) is 2.54. The van der Waals surface area contributed by atoms with Crippen LogP contribution in [-0.2, 0) is 24.3 Å². The van der Waals surface area contributed by atoms with Gasteiger partial charge >= 0.3 is 11.9 Å². The van der Waals surface area contributed by atoms with E-state index >= 15 is 0 Å². The fourth-order valence-electron chi connectivity index (χ4n) is 2.48. The fraction of sp³-hybridized carbons (Fsp3) is 0.250. The number of rotatable bonds is 8. The number of carbonyl (C=O) groups excluding carboxylic acids is 3. The van der Waals surface area contributed by atoms with E-state index in [2.05, 4.69) is 10.0 Å². The van der Waals surface area contributed by atoms with E-state index in [-0.39, 0.29) is 40.8 Å². The van der Waals surface area contributed by atoms with Crippen LogP contribution in [0.4, 0.5) is 11.4 Å². The van der Waals surface area contributed by atoms with Crippen LogP contribution in [0.1, 0.15) is 41.5 Å². The van der Waals surface area contributed by atoms with Gasteiger partial charge in [-0.2, -0.15) is 0 Å². The van der Waals surface area contributed by atoms with E-state index in [1.54, 1.807) is 13.8 Å². The number of hydrogen-bond acceptors (Lipinski definition) is 7. The number of esters is 2. The third kappa shape index (κ3) is 5.80. The molecule has 0 fully saturated rings. The molecule has 2 N–H and O–H groups in total. The van der Waals surface area contributed by atoms with E-state index in [0.717, 1.165) is 0 Å². The lowest BCUT2D eigenvalue weighted by Gasteiger charge is -2.14. The molecule has 2 aromatic rings. The molecule has 9 nitrogen and oxygen atoms in total. The van der Waals surface area contributed by atoms with Gasteiger partial charge in [0.2, 0.25) is 5.91 Å². The Kier molecular flexibility index (Phi) is 7.54.